The summed E-state index contributed by atoms with van der Waals surface area (Å²) in [4.78, 5) is 29.7. The van der Waals surface area contributed by atoms with E-state index in [0.29, 0.717) is 16.7 Å². The number of nitrogens with zero attached hydrogens (tertiary/aromatic N) is 1. The van der Waals surface area contributed by atoms with Gasteiger partial charge in [-0.25, -0.2) is 0 Å². The van der Waals surface area contributed by atoms with Crippen LogP contribution in [0.4, 0.5) is 0 Å². The molecule has 3 aromatic rings. The van der Waals surface area contributed by atoms with Crippen molar-refractivity contribution in [1.82, 2.24) is 10.3 Å². The lowest BCUT2D eigenvalue weighted by Crippen LogP contribution is -2.24. The number of carbonyl (C=O) groups is 2. The Morgan fingerprint density at radius 1 is 1.04 bits per heavy atom. The molecular formula is C23H20N2O3. The van der Waals surface area contributed by atoms with Gasteiger partial charge in [0.1, 0.15) is 5.75 Å². The number of aromatic nitrogens is 1. The van der Waals surface area contributed by atoms with E-state index in [0.717, 1.165) is 33.7 Å². The van der Waals surface area contributed by atoms with E-state index in [-0.39, 0.29) is 18.2 Å². The van der Waals surface area contributed by atoms with Gasteiger partial charge in [-0.2, -0.15) is 0 Å². The van der Waals surface area contributed by atoms with Gasteiger partial charge in [-0.15, -0.1) is 0 Å². The fourth-order valence-electron chi connectivity index (χ4n) is 3.68. The number of rotatable bonds is 4. The summed E-state index contributed by atoms with van der Waals surface area (Å²) < 4.78 is 5.41. The average molecular weight is 372 g/mol. The standard InChI is InChI=1S/C23H20N2O3/c1-13-11-24-20(14(2)22(13)28-3)12-25-23(27)15-8-9-17-16-6-4-5-7-18(16)21(26)19(17)10-15/h4-11H,12H2,1-3H3,(H,25,27). The molecule has 0 unspecified atom stereocenters. The van der Waals surface area contributed by atoms with E-state index in [9.17, 15) is 9.59 Å². The fourth-order valence-corrected chi connectivity index (χ4v) is 3.68. The van der Waals surface area contributed by atoms with E-state index in [1.54, 1.807) is 25.4 Å². The number of ketones is 1. The van der Waals surface area contributed by atoms with Crippen LogP contribution in [0.2, 0.25) is 0 Å². The van der Waals surface area contributed by atoms with Crippen LogP contribution in [0.15, 0.2) is 48.7 Å². The van der Waals surface area contributed by atoms with Crippen LogP contribution in [0, 0.1) is 13.8 Å². The first-order chi connectivity index (χ1) is 13.5. The Kier molecular flexibility index (Phi) is 4.43. The molecule has 0 radical (unpaired) electrons. The molecule has 1 aliphatic rings. The summed E-state index contributed by atoms with van der Waals surface area (Å²) in [7, 11) is 1.62. The quantitative estimate of drug-likeness (QED) is 0.591. The highest BCUT2D eigenvalue weighted by atomic mass is 16.5. The normalized spacial score (nSPS) is 11.8. The molecule has 0 fully saturated rings. The second-order valence-electron chi connectivity index (χ2n) is 6.86. The Balaban J connectivity index is 1.56. The molecule has 1 aliphatic carbocycles. The zero-order chi connectivity index (χ0) is 19.8. The molecule has 0 spiro atoms. The SMILES string of the molecule is COc1c(C)cnc(CNC(=O)c2ccc3c(c2)C(=O)c2ccccc2-3)c1C. The monoisotopic (exact) mass is 372 g/mol. The summed E-state index contributed by atoms with van der Waals surface area (Å²) in [6, 6.07) is 12.8. The summed E-state index contributed by atoms with van der Waals surface area (Å²) in [5, 5.41) is 2.89. The summed E-state index contributed by atoms with van der Waals surface area (Å²) in [5.41, 5.74) is 6.10. The van der Waals surface area contributed by atoms with E-state index in [1.807, 2.05) is 44.2 Å². The van der Waals surface area contributed by atoms with Crippen molar-refractivity contribution in [3.05, 3.63) is 82.2 Å². The predicted molar refractivity (Wildman–Crippen MR) is 107 cm³/mol. The molecule has 2 aromatic carbocycles. The first kappa shape index (κ1) is 17.9. The number of ether oxygens (including phenoxy) is 1. The van der Waals surface area contributed by atoms with E-state index in [4.69, 9.17) is 4.74 Å². The first-order valence-electron chi connectivity index (χ1n) is 9.06. The van der Waals surface area contributed by atoms with Gasteiger partial charge in [-0.05, 0) is 37.1 Å². The van der Waals surface area contributed by atoms with Gasteiger partial charge in [0, 0.05) is 34.0 Å². The van der Waals surface area contributed by atoms with Gasteiger partial charge in [0.25, 0.3) is 5.91 Å². The topological polar surface area (TPSA) is 68.3 Å². The number of carbonyl (C=O) groups excluding carboxylic acids is 2. The van der Waals surface area contributed by atoms with E-state index >= 15 is 0 Å². The fraction of sp³-hybridized carbons (Fsp3) is 0.174. The van der Waals surface area contributed by atoms with Crippen molar-refractivity contribution in [1.29, 1.82) is 0 Å². The lowest BCUT2D eigenvalue weighted by molar-refractivity contribution is 0.0950. The average Bonchev–Trinajstić information content (AvgIpc) is 3.00. The van der Waals surface area contributed by atoms with Crippen molar-refractivity contribution in [2.75, 3.05) is 7.11 Å². The van der Waals surface area contributed by atoms with Crippen LogP contribution in [0.1, 0.15) is 43.1 Å². The third kappa shape index (κ3) is 2.85. The minimum atomic E-state index is -0.243. The van der Waals surface area contributed by atoms with E-state index in [2.05, 4.69) is 10.3 Å². The zero-order valence-corrected chi connectivity index (χ0v) is 16.0. The summed E-state index contributed by atoms with van der Waals surface area (Å²) in [6.45, 7) is 4.14. The highest BCUT2D eigenvalue weighted by molar-refractivity contribution is 6.22. The van der Waals surface area contributed by atoms with Crippen LogP contribution in [0.5, 0.6) is 5.75 Å². The molecule has 0 saturated heterocycles. The molecule has 4 rings (SSSR count). The molecular weight excluding hydrogens is 352 g/mol. The van der Waals surface area contributed by atoms with Gasteiger partial charge in [0.2, 0.25) is 0 Å². The number of pyridine rings is 1. The maximum absolute atomic E-state index is 12.6. The Bertz CT molecular complexity index is 1120. The van der Waals surface area contributed by atoms with Gasteiger partial charge in [0.05, 0.1) is 19.3 Å². The number of hydrogen-bond acceptors (Lipinski definition) is 4. The molecule has 28 heavy (non-hydrogen) atoms. The minimum Gasteiger partial charge on any atom is -0.496 e. The molecule has 0 atom stereocenters. The van der Waals surface area contributed by atoms with E-state index in [1.165, 1.54) is 0 Å². The Hall–Kier alpha value is -3.47. The molecule has 1 N–H and O–H groups in total. The van der Waals surface area contributed by atoms with Crippen molar-refractivity contribution in [3.8, 4) is 16.9 Å². The Morgan fingerprint density at radius 2 is 1.75 bits per heavy atom. The van der Waals surface area contributed by atoms with Crippen LogP contribution >= 0.6 is 0 Å². The number of amides is 1. The third-order valence-electron chi connectivity index (χ3n) is 5.15. The first-order valence-corrected chi connectivity index (χ1v) is 9.06. The smallest absolute Gasteiger partial charge is 0.251 e. The minimum absolute atomic E-state index is 0.0407. The van der Waals surface area contributed by atoms with Crippen molar-refractivity contribution in [2.45, 2.75) is 20.4 Å². The maximum Gasteiger partial charge on any atom is 0.251 e. The number of fused-ring (bicyclic) bond motifs is 3. The van der Waals surface area contributed by atoms with Crippen molar-refractivity contribution >= 4 is 11.7 Å². The molecule has 1 heterocycles. The van der Waals surface area contributed by atoms with Crippen LogP contribution in [-0.4, -0.2) is 23.8 Å². The van der Waals surface area contributed by atoms with Gasteiger partial charge in [0.15, 0.2) is 5.78 Å². The number of benzene rings is 2. The highest BCUT2D eigenvalue weighted by Gasteiger charge is 2.27. The molecule has 140 valence electrons. The van der Waals surface area contributed by atoms with Crippen LogP contribution < -0.4 is 10.1 Å². The van der Waals surface area contributed by atoms with Gasteiger partial charge < -0.3 is 10.1 Å². The lowest BCUT2D eigenvalue weighted by Gasteiger charge is -2.13. The van der Waals surface area contributed by atoms with Crippen molar-refractivity contribution in [3.63, 3.8) is 0 Å². The van der Waals surface area contributed by atoms with Crippen molar-refractivity contribution in [2.24, 2.45) is 0 Å². The molecule has 5 nitrogen and oxygen atoms in total. The third-order valence-corrected chi connectivity index (χ3v) is 5.15. The summed E-state index contributed by atoms with van der Waals surface area (Å²) >= 11 is 0. The molecule has 1 aromatic heterocycles. The van der Waals surface area contributed by atoms with Gasteiger partial charge >= 0.3 is 0 Å². The number of methoxy groups -OCH3 is 1. The van der Waals surface area contributed by atoms with Crippen LogP contribution in [0.3, 0.4) is 0 Å². The number of hydrogen-bond donors (Lipinski definition) is 1. The second-order valence-corrected chi connectivity index (χ2v) is 6.86. The molecule has 0 saturated carbocycles. The van der Waals surface area contributed by atoms with Gasteiger partial charge in [-0.1, -0.05) is 30.3 Å². The second kappa shape index (κ2) is 6.93. The zero-order valence-electron chi connectivity index (χ0n) is 16.0. The number of aryl methyl sites for hydroxylation is 1. The maximum atomic E-state index is 12.6. The summed E-state index contributed by atoms with van der Waals surface area (Å²) in [5.74, 6) is 0.494. The molecule has 0 aliphatic heterocycles. The highest BCUT2D eigenvalue weighted by Crippen LogP contribution is 2.36. The molecule has 1 amide bonds. The predicted octanol–water partition coefficient (Wildman–Crippen LogP) is 3.85. The van der Waals surface area contributed by atoms with Crippen molar-refractivity contribution < 1.29 is 14.3 Å². The Labute approximate surface area is 163 Å². The van der Waals surface area contributed by atoms with Crippen LogP contribution in [0.25, 0.3) is 11.1 Å². The Morgan fingerprint density at radius 3 is 2.50 bits per heavy atom. The lowest BCUT2D eigenvalue weighted by atomic mass is 10.0. The van der Waals surface area contributed by atoms with E-state index < -0.39 is 0 Å². The summed E-state index contributed by atoms with van der Waals surface area (Å²) in [6.07, 6.45) is 1.73. The molecule has 0 bridgehead atoms. The number of nitrogens with one attached hydrogen (secondary N) is 1. The van der Waals surface area contributed by atoms with Crippen LogP contribution in [-0.2, 0) is 6.54 Å². The largest absolute Gasteiger partial charge is 0.496 e. The molecule has 5 heteroatoms. The van der Waals surface area contributed by atoms with Gasteiger partial charge in [-0.3, -0.25) is 14.6 Å².